The van der Waals surface area contributed by atoms with E-state index in [4.69, 9.17) is 4.74 Å². The fraction of sp³-hybridized carbons (Fsp3) is 0.571. The zero-order chi connectivity index (χ0) is 13.4. The predicted molar refractivity (Wildman–Crippen MR) is 68.6 cm³/mol. The first kappa shape index (κ1) is 15.1. The van der Waals surface area contributed by atoms with Gasteiger partial charge in [-0.05, 0) is 50.1 Å². The third-order valence-corrected chi connectivity index (χ3v) is 2.84. The summed E-state index contributed by atoms with van der Waals surface area (Å²) in [5, 5.41) is 3.11. The summed E-state index contributed by atoms with van der Waals surface area (Å²) in [4.78, 5) is 0. The van der Waals surface area contributed by atoms with Gasteiger partial charge in [-0.25, -0.2) is 8.78 Å². The Hall–Kier alpha value is -1.00. The first-order chi connectivity index (χ1) is 8.67. The van der Waals surface area contributed by atoms with Crippen molar-refractivity contribution in [1.82, 2.24) is 5.32 Å². The zero-order valence-electron chi connectivity index (χ0n) is 11.0. The number of nitrogens with one attached hydrogen (secondary N) is 1. The molecular formula is C14H21F2NO. The van der Waals surface area contributed by atoms with E-state index < -0.39 is 5.82 Å². The Morgan fingerprint density at radius 1 is 1.28 bits per heavy atom. The van der Waals surface area contributed by atoms with Crippen LogP contribution in [0.4, 0.5) is 8.78 Å². The Morgan fingerprint density at radius 3 is 2.72 bits per heavy atom. The van der Waals surface area contributed by atoms with Crippen molar-refractivity contribution in [3.05, 3.63) is 35.4 Å². The maximum atomic E-state index is 13.5. The molecule has 1 aromatic carbocycles. The standard InChI is InChI=1S/C14H21F2NO/c1-3-7-18-8-6-13(17-2)10-11-9-12(15)4-5-14(11)16/h4-5,9,13,17H,3,6-8,10H2,1-2H3. The lowest BCUT2D eigenvalue weighted by Gasteiger charge is -2.16. The summed E-state index contributed by atoms with van der Waals surface area (Å²) >= 11 is 0. The van der Waals surface area contributed by atoms with E-state index in [0.29, 0.717) is 18.6 Å². The van der Waals surface area contributed by atoms with Crippen molar-refractivity contribution < 1.29 is 13.5 Å². The van der Waals surface area contributed by atoms with Gasteiger partial charge in [0, 0.05) is 19.3 Å². The monoisotopic (exact) mass is 257 g/mol. The molecule has 0 fully saturated rings. The second kappa shape index (κ2) is 8.16. The van der Waals surface area contributed by atoms with Gasteiger partial charge in [-0.1, -0.05) is 6.92 Å². The molecule has 1 N–H and O–H groups in total. The van der Waals surface area contributed by atoms with E-state index in [0.717, 1.165) is 25.5 Å². The van der Waals surface area contributed by atoms with Crippen molar-refractivity contribution in [2.45, 2.75) is 32.2 Å². The minimum absolute atomic E-state index is 0.0955. The summed E-state index contributed by atoms with van der Waals surface area (Å²) in [7, 11) is 1.82. The first-order valence-corrected chi connectivity index (χ1v) is 6.36. The van der Waals surface area contributed by atoms with E-state index in [1.807, 2.05) is 7.05 Å². The zero-order valence-corrected chi connectivity index (χ0v) is 11.0. The molecule has 0 amide bonds. The van der Waals surface area contributed by atoms with Crippen LogP contribution in [0.25, 0.3) is 0 Å². The largest absolute Gasteiger partial charge is 0.381 e. The quantitative estimate of drug-likeness (QED) is 0.723. The number of halogens is 2. The first-order valence-electron chi connectivity index (χ1n) is 6.36. The Kier molecular flexibility index (Phi) is 6.83. The maximum Gasteiger partial charge on any atom is 0.126 e. The summed E-state index contributed by atoms with van der Waals surface area (Å²) in [5.74, 6) is -0.755. The third-order valence-electron chi connectivity index (χ3n) is 2.84. The van der Waals surface area contributed by atoms with Gasteiger partial charge in [-0.2, -0.15) is 0 Å². The summed E-state index contributed by atoms with van der Waals surface area (Å²) in [6.45, 7) is 3.43. The number of ether oxygens (including phenoxy) is 1. The van der Waals surface area contributed by atoms with Gasteiger partial charge in [0.25, 0.3) is 0 Å². The van der Waals surface area contributed by atoms with Crippen LogP contribution in [-0.2, 0) is 11.2 Å². The van der Waals surface area contributed by atoms with Crippen molar-refractivity contribution in [2.24, 2.45) is 0 Å². The fourth-order valence-corrected chi connectivity index (χ4v) is 1.79. The number of rotatable bonds is 8. The Morgan fingerprint density at radius 2 is 2.06 bits per heavy atom. The highest BCUT2D eigenvalue weighted by atomic mass is 19.1. The van der Waals surface area contributed by atoms with Gasteiger partial charge in [-0.15, -0.1) is 0 Å². The molecule has 18 heavy (non-hydrogen) atoms. The van der Waals surface area contributed by atoms with Gasteiger partial charge < -0.3 is 10.1 Å². The molecule has 0 aliphatic heterocycles. The number of benzene rings is 1. The van der Waals surface area contributed by atoms with Crippen LogP contribution < -0.4 is 5.32 Å². The molecule has 0 aliphatic rings. The molecule has 102 valence electrons. The van der Waals surface area contributed by atoms with Crippen LogP contribution in [0.15, 0.2) is 18.2 Å². The number of hydrogen-bond donors (Lipinski definition) is 1. The highest BCUT2D eigenvalue weighted by molar-refractivity contribution is 5.19. The van der Waals surface area contributed by atoms with E-state index in [9.17, 15) is 8.78 Å². The van der Waals surface area contributed by atoms with Gasteiger partial charge >= 0.3 is 0 Å². The Labute approximate surface area is 107 Å². The average Bonchev–Trinajstić information content (AvgIpc) is 2.37. The molecule has 0 spiro atoms. The van der Waals surface area contributed by atoms with Gasteiger partial charge in [0.15, 0.2) is 0 Å². The van der Waals surface area contributed by atoms with Crippen molar-refractivity contribution in [2.75, 3.05) is 20.3 Å². The van der Waals surface area contributed by atoms with Gasteiger partial charge in [0.2, 0.25) is 0 Å². The van der Waals surface area contributed by atoms with E-state index in [1.165, 1.54) is 12.1 Å². The number of likely N-dealkylation sites (N-methyl/N-ethyl adjacent to an activating group) is 1. The summed E-state index contributed by atoms with van der Waals surface area (Å²) in [6, 6.07) is 3.66. The van der Waals surface area contributed by atoms with Crippen LogP contribution in [-0.4, -0.2) is 26.3 Å². The molecule has 0 saturated carbocycles. The molecule has 0 aliphatic carbocycles. The normalized spacial score (nSPS) is 12.7. The molecular weight excluding hydrogens is 236 g/mol. The van der Waals surface area contributed by atoms with E-state index >= 15 is 0 Å². The van der Waals surface area contributed by atoms with Crippen molar-refractivity contribution in [3.63, 3.8) is 0 Å². The second-order valence-electron chi connectivity index (χ2n) is 4.33. The Balaban J connectivity index is 2.48. The van der Waals surface area contributed by atoms with Crippen LogP contribution in [0.5, 0.6) is 0 Å². The smallest absolute Gasteiger partial charge is 0.126 e. The molecule has 1 aromatic rings. The third kappa shape index (κ3) is 5.10. The predicted octanol–water partition coefficient (Wildman–Crippen LogP) is 2.91. The highest BCUT2D eigenvalue weighted by Crippen LogP contribution is 2.13. The molecule has 0 saturated heterocycles. The van der Waals surface area contributed by atoms with E-state index in [2.05, 4.69) is 12.2 Å². The minimum Gasteiger partial charge on any atom is -0.381 e. The molecule has 0 radical (unpaired) electrons. The van der Waals surface area contributed by atoms with Crippen molar-refractivity contribution >= 4 is 0 Å². The molecule has 1 atom stereocenters. The molecule has 4 heteroatoms. The molecule has 2 nitrogen and oxygen atoms in total. The maximum absolute atomic E-state index is 13.5. The molecule has 1 rings (SSSR count). The molecule has 0 heterocycles. The molecule has 0 bridgehead atoms. The van der Waals surface area contributed by atoms with Crippen molar-refractivity contribution in [1.29, 1.82) is 0 Å². The molecule has 0 aromatic heterocycles. The summed E-state index contributed by atoms with van der Waals surface area (Å²) < 4.78 is 31.9. The molecule has 1 unspecified atom stereocenters. The SMILES string of the molecule is CCCOCCC(Cc1cc(F)ccc1F)NC. The number of hydrogen-bond acceptors (Lipinski definition) is 2. The summed E-state index contributed by atoms with van der Waals surface area (Å²) in [6.07, 6.45) is 2.24. The minimum atomic E-state index is -0.400. The van der Waals surface area contributed by atoms with Gasteiger partial charge in [0.1, 0.15) is 11.6 Å². The van der Waals surface area contributed by atoms with E-state index in [1.54, 1.807) is 0 Å². The average molecular weight is 257 g/mol. The van der Waals surface area contributed by atoms with Crippen LogP contribution in [0.2, 0.25) is 0 Å². The van der Waals surface area contributed by atoms with Gasteiger partial charge in [-0.3, -0.25) is 0 Å². The van der Waals surface area contributed by atoms with Crippen molar-refractivity contribution in [3.8, 4) is 0 Å². The van der Waals surface area contributed by atoms with E-state index in [-0.39, 0.29) is 11.9 Å². The van der Waals surface area contributed by atoms with Crippen LogP contribution in [0.1, 0.15) is 25.3 Å². The topological polar surface area (TPSA) is 21.3 Å². The van der Waals surface area contributed by atoms with Gasteiger partial charge in [0.05, 0.1) is 0 Å². The van der Waals surface area contributed by atoms with Crippen LogP contribution >= 0.6 is 0 Å². The fourth-order valence-electron chi connectivity index (χ4n) is 1.79. The summed E-state index contributed by atoms with van der Waals surface area (Å²) in [5.41, 5.74) is 0.407. The van der Waals surface area contributed by atoms with Crippen LogP contribution in [0.3, 0.4) is 0 Å². The lowest BCUT2D eigenvalue weighted by molar-refractivity contribution is 0.125. The van der Waals surface area contributed by atoms with Crippen LogP contribution in [0, 0.1) is 11.6 Å². The second-order valence-corrected chi connectivity index (χ2v) is 4.33. The lowest BCUT2D eigenvalue weighted by atomic mass is 10.0. The highest BCUT2D eigenvalue weighted by Gasteiger charge is 2.11. The lowest BCUT2D eigenvalue weighted by Crippen LogP contribution is -2.29. The Bertz CT molecular complexity index is 358.